The van der Waals surface area contributed by atoms with Gasteiger partial charge in [-0.15, -0.1) is 11.3 Å². The minimum absolute atomic E-state index is 0.293. The predicted octanol–water partition coefficient (Wildman–Crippen LogP) is 4.02. The second kappa shape index (κ2) is 5.77. The molecule has 0 bridgehead atoms. The Balaban J connectivity index is 1.88. The van der Waals surface area contributed by atoms with Crippen molar-refractivity contribution >= 4 is 39.7 Å². The first-order valence-corrected chi connectivity index (χ1v) is 7.65. The van der Waals surface area contributed by atoms with Gasteiger partial charge in [0.1, 0.15) is 5.82 Å². The van der Waals surface area contributed by atoms with Crippen molar-refractivity contribution in [3.05, 3.63) is 51.9 Å². The molecule has 0 spiro atoms. The molecule has 0 radical (unpaired) electrons. The van der Waals surface area contributed by atoms with Crippen molar-refractivity contribution in [2.45, 2.75) is 6.42 Å². The van der Waals surface area contributed by atoms with Crippen LogP contribution in [0.3, 0.4) is 0 Å². The van der Waals surface area contributed by atoms with Gasteiger partial charge in [-0.2, -0.15) is 4.98 Å². The Labute approximate surface area is 126 Å². The number of hydrogen-bond donors (Lipinski definition) is 0. The van der Waals surface area contributed by atoms with E-state index in [1.807, 2.05) is 31.3 Å². The zero-order chi connectivity index (χ0) is 13.9. The van der Waals surface area contributed by atoms with E-state index in [9.17, 15) is 0 Å². The highest BCUT2D eigenvalue weighted by atomic mass is 35.5. The summed E-state index contributed by atoms with van der Waals surface area (Å²) in [6.45, 7) is 0.901. The van der Waals surface area contributed by atoms with Crippen molar-refractivity contribution < 1.29 is 0 Å². The van der Waals surface area contributed by atoms with E-state index in [1.54, 1.807) is 11.3 Å². The monoisotopic (exact) mass is 303 g/mol. The molecule has 1 aromatic carbocycles. The molecule has 0 saturated carbocycles. The molecule has 3 rings (SSSR count). The normalized spacial score (nSPS) is 10.9. The van der Waals surface area contributed by atoms with Crippen LogP contribution in [0.5, 0.6) is 0 Å². The van der Waals surface area contributed by atoms with Crippen LogP contribution < -0.4 is 4.90 Å². The summed E-state index contributed by atoms with van der Waals surface area (Å²) in [6.07, 6.45) is 1.00. The van der Waals surface area contributed by atoms with E-state index in [2.05, 4.69) is 32.4 Å². The van der Waals surface area contributed by atoms with Crippen molar-refractivity contribution in [1.29, 1.82) is 0 Å². The summed E-state index contributed by atoms with van der Waals surface area (Å²) in [5, 5.41) is 3.43. The van der Waals surface area contributed by atoms with Crippen LogP contribution in [0.15, 0.2) is 41.8 Å². The molecule has 0 N–H and O–H groups in total. The first kappa shape index (κ1) is 13.3. The van der Waals surface area contributed by atoms with Gasteiger partial charge in [0.15, 0.2) is 0 Å². The van der Waals surface area contributed by atoms with E-state index >= 15 is 0 Å². The van der Waals surface area contributed by atoms with Crippen molar-refractivity contribution in [1.82, 2.24) is 9.97 Å². The molecular weight excluding hydrogens is 290 g/mol. The molecule has 20 heavy (non-hydrogen) atoms. The first-order valence-electron chi connectivity index (χ1n) is 6.40. The van der Waals surface area contributed by atoms with Crippen LogP contribution in [0.25, 0.3) is 10.9 Å². The lowest BCUT2D eigenvalue weighted by Crippen LogP contribution is -2.21. The van der Waals surface area contributed by atoms with Crippen LogP contribution in [-0.2, 0) is 6.42 Å². The second-order valence-corrected chi connectivity index (χ2v) is 5.95. The van der Waals surface area contributed by atoms with Crippen LogP contribution in [0, 0.1) is 0 Å². The summed E-state index contributed by atoms with van der Waals surface area (Å²) >= 11 is 7.80. The number of benzene rings is 1. The second-order valence-electron chi connectivity index (χ2n) is 4.58. The van der Waals surface area contributed by atoms with Gasteiger partial charge < -0.3 is 4.90 Å². The number of anilines is 1. The maximum Gasteiger partial charge on any atom is 0.224 e. The number of hydrogen-bond acceptors (Lipinski definition) is 4. The molecule has 0 fully saturated rings. The van der Waals surface area contributed by atoms with Gasteiger partial charge in [-0.05, 0) is 41.6 Å². The molecule has 2 heterocycles. The minimum Gasteiger partial charge on any atom is -0.359 e. The van der Waals surface area contributed by atoms with Crippen LogP contribution in [0.1, 0.15) is 4.88 Å². The quantitative estimate of drug-likeness (QED) is 0.682. The lowest BCUT2D eigenvalue weighted by molar-refractivity contribution is 0.871. The van der Waals surface area contributed by atoms with Gasteiger partial charge >= 0.3 is 0 Å². The molecule has 2 aromatic heterocycles. The molecule has 5 heteroatoms. The van der Waals surface area contributed by atoms with Gasteiger partial charge in [0.2, 0.25) is 5.28 Å². The highest BCUT2D eigenvalue weighted by Gasteiger charge is 2.10. The van der Waals surface area contributed by atoms with Crippen molar-refractivity contribution in [2.24, 2.45) is 0 Å². The summed E-state index contributed by atoms with van der Waals surface area (Å²) in [7, 11) is 2.04. The molecular formula is C15H14ClN3S. The van der Waals surface area contributed by atoms with Gasteiger partial charge in [-0.25, -0.2) is 4.98 Å². The SMILES string of the molecule is CN(CCc1cccs1)c1nc(Cl)nc2ccccc12. The van der Waals surface area contributed by atoms with Crippen molar-refractivity contribution in [3.63, 3.8) is 0 Å². The summed E-state index contributed by atoms with van der Waals surface area (Å²) in [5.74, 6) is 0.886. The molecule has 0 unspecified atom stereocenters. The van der Waals surface area contributed by atoms with Gasteiger partial charge in [-0.3, -0.25) is 0 Å². The number of likely N-dealkylation sites (N-methyl/N-ethyl adjacent to an activating group) is 1. The average molecular weight is 304 g/mol. The molecule has 0 aliphatic rings. The fraction of sp³-hybridized carbons (Fsp3) is 0.200. The standard InChI is InChI=1S/C15H14ClN3S/c1-19(9-8-11-5-4-10-20-11)14-12-6-2-3-7-13(12)17-15(16)18-14/h2-7,10H,8-9H2,1H3. The smallest absolute Gasteiger partial charge is 0.224 e. The molecule has 0 atom stereocenters. The predicted molar refractivity (Wildman–Crippen MR) is 85.8 cm³/mol. The Morgan fingerprint density at radius 2 is 2.00 bits per heavy atom. The third-order valence-corrected chi connectivity index (χ3v) is 4.30. The number of fused-ring (bicyclic) bond motifs is 1. The number of para-hydroxylation sites is 1. The topological polar surface area (TPSA) is 29.0 Å². The summed E-state index contributed by atoms with van der Waals surface area (Å²) in [5.41, 5.74) is 0.880. The van der Waals surface area contributed by atoms with E-state index < -0.39 is 0 Å². The summed E-state index contributed by atoms with van der Waals surface area (Å²) in [4.78, 5) is 12.2. The Kier molecular flexibility index (Phi) is 3.85. The van der Waals surface area contributed by atoms with Gasteiger partial charge in [0, 0.05) is 23.9 Å². The highest BCUT2D eigenvalue weighted by molar-refractivity contribution is 7.09. The number of thiophene rings is 1. The molecule has 3 aromatic rings. The highest BCUT2D eigenvalue weighted by Crippen LogP contribution is 2.24. The van der Waals surface area contributed by atoms with Crippen LogP contribution in [0.4, 0.5) is 5.82 Å². The Bertz CT molecular complexity index is 712. The van der Waals surface area contributed by atoms with Crippen LogP contribution in [0.2, 0.25) is 5.28 Å². The molecule has 0 aliphatic carbocycles. The number of nitrogens with zero attached hydrogens (tertiary/aromatic N) is 3. The Hall–Kier alpha value is -1.65. The zero-order valence-electron chi connectivity index (χ0n) is 11.1. The van der Waals surface area contributed by atoms with Gasteiger partial charge in [-0.1, -0.05) is 18.2 Å². The molecule has 0 saturated heterocycles. The molecule has 0 amide bonds. The Morgan fingerprint density at radius 3 is 2.80 bits per heavy atom. The summed E-state index contributed by atoms with van der Waals surface area (Å²) < 4.78 is 0. The maximum atomic E-state index is 6.02. The molecule has 102 valence electrons. The molecule has 3 nitrogen and oxygen atoms in total. The largest absolute Gasteiger partial charge is 0.359 e. The zero-order valence-corrected chi connectivity index (χ0v) is 12.7. The lowest BCUT2D eigenvalue weighted by Gasteiger charge is -2.19. The Morgan fingerprint density at radius 1 is 1.15 bits per heavy atom. The van der Waals surface area contributed by atoms with Gasteiger partial charge in [0.05, 0.1) is 5.52 Å². The molecule has 0 aliphatic heterocycles. The number of halogens is 1. The fourth-order valence-electron chi connectivity index (χ4n) is 2.16. The maximum absolute atomic E-state index is 6.02. The third-order valence-electron chi connectivity index (χ3n) is 3.19. The van der Waals surface area contributed by atoms with Crippen molar-refractivity contribution in [3.8, 4) is 0 Å². The fourth-order valence-corrected chi connectivity index (χ4v) is 3.03. The van der Waals surface area contributed by atoms with E-state index in [-0.39, 0.29) is 0 Å². The number of aromatic nitrogens is 2. The van der Waals surface area contributed by atoms with Crippen LogP contribution >= 0.6 is 22.9 Å². The first-order chi connectivity index (χ1) is 9.74. The lowest BCUT2D eigenvalue weighted by atomic mass is 10.2. The third kappa shape index (κ3) is 2.76. The van der Waals surface area contributed by atoms with E-state index in [1.165, 1.54) is 4.88 Å². The van der Waals surface area contributed by atoms with E-state index in [4.69, 9.17) is 11.6 Å². The average Bonchev–Trinajstić information content (AvgIpc) is 2.97. The van der Waals surface area contributed by atoms with E-state index in [0.29, 0.717) is 5.28 Å². The summed E-state index contributed by atoms with van der Waals surface area (Å²) in [6, 6.07) is 12.2. The van der Waals surface area contributed by atoms with E-state index in [0.717, 1.165) is 29.7 Å². The van der Waals surface area contributed by atoms with Gasteiger partial charge in [0.25, 0.3) is 0 Å². The number of rotatable bonds is 4. The van der Waals surface area contributed by atoms with Crippen LogP contribution in [-0.4, -0.2) is 23.6 Å². The van der Waals surface area contributed by atoms with Crippen molar-refractivity contribution in [2.75, 3.05) is 18.5 Å². The minimum atomic E-state index is 0.293.